The van der Waals surface area contributed by atoms with E-state index >= 15 is 0 Å². The number of carbonyl (C=O) groups excluding carboxylic acids is 1. The smallest absolute Gasteiger partial charge is 0.334 e. The van der Waals surface area contributed by atoms with E-state index in [1.54, 1.807) is 6.92 Å². The number of halogens is 4. The zero-order valence-electron chi connectivity index (χ0n) is 10.7. The van der Waals surface area contributed by atoms with Crippen LogP contribution in [0.15, 0.2) is 0 Å². The number of rotatable bonds is 4. The molecular weight excluding hydrogens is 264 g/mol. The predicted molar refractivity (Wildman–Crippen MR) is 61.3 cm³/mol. The second-order valence-electron chi connectivity index (χ2n) is 5.28. The summed E-state index contributed by atoms with van der Waals surface area (Å²) in [6.07, 6.45) is -0.909. The van der Waals surface area contributed by atoms with Crippen LogP contribution in [0.3, 0.4) is 0 Å². The van der Waals surface area contributed by atoms with Crippen LogP contribution < -0.4 is 5.32 Å². The number of hydrogen-bond acceptors (Lipinski definition) is 2. The van der Waals surface area contributed by atoms with Crippen LogP contribution in [-0.2, 0) is 4.79 Å². The summed E-state index contributed by atoms with van der Waals surface area (Å²) in [5.74, 6) is -6.32. The summed E-state index contributed by atoms with van der Waals surface area (Å²) in [4.78, 5) is 12.6. The van der Waals surface area contributed by atoms with Gasteiger partial charge in [-0.15, -0.1) is 0 Å². The summed E-state index contributed by atoms with van der Waals surface area (Å²) >= 11 is 0. The Balaban J connectivity index is 2.09. The van der Waals surface area contributed by atoms with Gasteiger partial charge in [0, 0.05) is 24.7 Å². The van der Waals surface area contributed by atoms with Gasteiger partial charge in [-0.05, 0) is 32.6 Å². The number of hydrogen-bond donors (Lipinski definition) is 1. The molecule has 2 atom stereocenters. The fourth-order valence-electron chi connectivity index (χ4n) is 3.13. The fraction of sp³-hybridized carbons (Fsp3) is 0.917. The van der Waals surface area contributed by atoms with E-state index in [9.17, 15) is 22.4 Å². The van der Waals surface area contributed by atoms with Gasteiger partial charge in [0.05, 0.1) is 0 Å². The predicted octanol–water partition coefficient (Wildman–Crippen LogP) is 2.02. The largest absolute Gasteiger partial charge is 0.383 e. The molecule has 0 aromatic carbocycles. The van der Waals surface area contributed by atoms with Gasteiger partial charge in [0.1, 0.15) is 0 Å². The number of nitrogens with one attached hydrogen (secondary N) is 1. The van der Waals surface area contributed by atoms with Crippen LogP contribution in [0.2, 0.25) is 0 Å². The van der Waals surface area contributed by atoms with Crippen molar-refractivity contribution in [2.24, 2.45) is 0 Å². The van der Waals surface area contributed by atoms with E-state index in [4.69, 9.17) is 0 Å². The Morgan fingerprint density at radius 2 is 1.84 bits per heavy atom. The Labute approximate surface area is 109 Å². The average molecular weight is 282 g/mol. The Morgan fingerprint density at radius 1 is 1.32 bits per heavy atom. The molecule has 3 nitrogen and oxygen atoms in total. The quantitative estimate of drug-likeness (QED) is 0.800. The van der Waals surface area contributed by atoms with Crippen molar-refractivity contribution in [3.05, 3.63) is 0 Å². The molecule has 19 heavy (non-hydrogen) atoms. The number of nitrogens with zero attached hydrogens (tertiary/aromatic N) is 1. The van der Waals surface area contributed by atoms with Gasteiger partial charge in [0.25, 0.3) is 5.91 Å². The summed E-state index contributed by atoms with van der Waals surface area (Å²) < 4.78 is 50.9. The highest BCUT2D eigenvalue weighted by atomic mass is 19.3. The highest BCUT2D eigenvalue weighted by Crippen LogP contribution is 2.33. The molecule has 0 saturated carbocycles. The highest BCUT2D eigenvalue weighted by molar-refractivity contribution is 5.84. The van der Waals surface area contributed by atoms with Crippen molar-refractivity contribution in [1.82, 2.24) is 10.2 Å². The van der Waals surface area contributed by atoms with Crippen molar-refractivity contribution in [1.29, 1.82) is 0 Å². The first-order chi connectivity index (χ1) is 8.86. The van der Waals surface area contributed by atoms with Crippen molar-refractivity contribution in [3.63, 3.8) is 0 Å². The van der Waals surface area contributed by atoms with E-state index < -0.39 is 18.3 Å². The maximum Gasteiger partial charge on any atom is 0.383 e. The number of carbonyl (C=O) groups is 1. The molecule has 2 aliphatic heterocycles. The van der Waals surface area contributed by atoms with Crippen LogP contribution >= 0.6 is 0 Å². The molecule has 2 saturated heterocycles. The van der Waals surface area contributed by atoms with Gasteiger partial charge in [0.15, 0.2) is 0 Å². The first-order valence-corrected chi connectivity index (χ1v) is 6.59. The molecule has 2 aliphatic rings. The van der Waals surface area contributed by atoms with E-state index in [0.717, 1.165) is 17.7 Å². The van der Waals surface area contributed by atoms with Crippen LogP contribution in [0.5, 0.6) is 0 Å². The van der Waals surface area contributed by atoms with Crippen molar-refractivity contribution in [2.45, 2.75) is 63.1 Å². The lowest BCUT2D eigenvalue weighted by Crippen LogP contribution is -2.55. The van der Waals surface area contributed by atoms with Crippen LogP contribution in [0, 0.1) is 0 Å². The third-order valence-electron chi connectivity index (χ3n) is 4.05. The van der Waals surface area contributed by atoms with Gasteiger partial charge >= 0.3 is 12.3 Å². The third-order valence-corrected chi connectivity index (χ3v) is 4.05. The van der Waals surface area contributed by atoms with Gasteiger partial charge in [-0.1, -0.05) is 0 Å². The van der Waals surface area contributed by atoms with E-state index in [1.807, 2.05) is 0 Å². The maximum atomic E-state index is 13.2. The maximum absolute atomic E-state index is 13.2. The lowest BCUT2D eigenvalue weighted by molar-refractivity contribution is -0.183. The molecule has 2 heterocycles. The second-order valence-corrected chi connectivity index (χ2v) is 5.28. The van der Waals surface area contributed by atoms with Crippen LogP contribution in [0.4, 0.5) is 17.6 Å². The van der Waals surface area contributed by atoms with Gasteiger partial charge < -0.3 is 10.2 Å². The Kier molecular flexibility index (Phi) is 4.03. The van der Waals surface area contributed by atoms with E-state index in [-0.39, 0.29) is 24.7 Å². The van der Waals surface area contributed by atoms with E-state index in [0.29, 0.717) is 12.8 Å². The highest BCUT2D eigenvalue weighted by Gasteiger charge is 2.52. The molecule has 2 rings (SSSR count). The number of piperidine rings is 1. The summed E-state index contributed by atoms with van der Waals surface area (Å²) in [5, 5.41) is 3.33. The summed E-state index contributed by atoms with van der Waals surface area (Å²) in [7, 11) is 0. The van der Waals surface area contributed by atoms with Crippen molar-refractivity contribution in [3.8, 4) is 0 Å². The minimum absolute atomic E-state index is 0.0330. The molecule has 1 N–H and O–H groups in total. The van der Waals surface area contributed by atoms with Gasteiger partial charge in [-0.2, -0.15) is 8.78 Å². The standard InChI is InChI=1S/C12H18F4N2O/c1-2-18(11(19)12(15,16)10(13)14)9-5-7-3-4-8(6-9)17-7/h7-10,17H,2-6H2,1H3. The monoisotopic (exact) mass is 282 g/mol. The van der Waals surface area contributed by atoms with Crippen molar-refractivity contribution >= 4 is 5.91 Å². The number of alkyl halides is 4. The fourth-order valence-corrected chi connectivity index (χ4v) is 3.13. The molecule has 110 valence electrons. The zero-order valence-corrected chi connectivity index (χ0v) is 10.7. The molecular formula is C12H18F4N2O. The van der Waals surface area contributed by atoms with Crippen molar-refractivity contribution < 1.29 is 22.4 Å². The molecule has 0 aliphatic carbocycles. The Bertz CT molecular complexity index is 339. The zero-order chi connectivity index (χ0) is 14.2. The molecule has 2 fully saturated rings. The Hall–Kier alpha value is -0.850. The minimum atomic E-state index is -4.58. The molecule has 1 amide bonds. The SMILES string of the molecule is CCN(C(=O)C(F)(F)C(F)F)C1CC2CCC(C1)N2. The second kappa shape index (κ2) is 5.26. The van der Waals surface area contributed by atoms with Crippen LogP contribution in [0.1, 0.15) is 32.6 Å². The molecule has 0 aromatic rings. The van der Waals surface area contributed by atoms with Gasteiger partial charge in [0.2, 0.25) is 0 Å². The molecule has 2 bridgehead atoms. The van der Waals surface area contributed by atoms with E-state index in [1.165, 1.54) is 0 Å². The molecule has 0 aromatic heterocycles. The molecule has 7 heteroatoms. The summed E-state index contributed by atoms with van der Waals surface area (Å²) in [6.45, 7) is 1.58. The number of fused-ring (bicyclic) bond motifs is 2. The van der Waals surface area contributed by atoms with Crippen molar-refractivity contribution in [2.75, 3.05) is 6.54 Å². The van der Waals surface area contributed by atoms with Crippen LogP contribution in [0.25, 0.3) is 0 Å². The lowest BCUT2D eigenvalue weighted by Gasteiger charge is -2.38. The van der Waals surface area contributed by atoms with Crippen LogP contribution in [-0.4, -0.2) is 47.8 Å². The summed E-state index contributed by atoms with van der Waals surface area (Å²) in [5.41, 5.74) is 0. The average Bonchev–Trinajstić information content (AvgIpc) is 2.69. The lowest BCUT2D eigenvalue weighted by atomic mass is 9.97. The first-order valence-electron chi connectivity index (χ1n) is 6.59. The number of amides is 1. The molecule has 0 radical (unpaired) electrons. The summed E-state index contributed by atoms with van der Waals surface area (Å²) in [6, 6.07) is 0.0671. The Morgan fingerprint density at radius 3 is 2.26 bits per heavy atom. The first kappa shape index (κ1) is 14.6. The normalized spacial score (nSPS) is 30.7. The molecule has 0 spiro atoms. The molecule has 2 unspecified atom stereocenters. The van der Waals surface area contributed by atoms with E-state index in [2.05, 4.69) is 5.32 Å². The third kappa shape index (κ3) is 2.70. The topological polar surface area (TPSA) is 32.3 Å². The minimum Gasteiger partial charge on any atom is -0.334 e. The van der Waals surface area contributed by atoms with Gasteiger partial charge in [-0.3, -0.25) is 4.79 Å². The van der Waals surface area contributed by atoms with Gasteiger partial charge in [-0.25, -0.2) is 8.78 Å².